The third kappa shape index (κ3) is 3.18. The van der Waals surface area contributed by atoms with Crippen LogP contribution in [0.5, 0.6) is 0 Å². The molecule has 2 aliphatic heterocycles. The van der Waals surface area contributed by atoms with Crippen molar-refractivity contribution in [1.82, 2.24) is 4.90 Å². The highest BCUT2D eigenvalue weighted by molar-refractivity contribution is 5.14. The molecule has 2 heterocycles. The predicted octanol–water partition coefficient (Wildman–Crippen LogP) is 3.12. The van der Waals surface area contributed by atoms with Gasteiger partial charge in [-0.15, -0.1) is 0 Å². The first-order valence-electron chi connectivity index (χ1n) is 7.66. The number of likely N-dealkylation sites (tertiary alicyclic amines) is 1. The fraction of sp³-hybridized carbons (Fsp3) is 0.647. The van der Waals surface area contributed by atoms with E-state index in [1.54, 1.807) is 0 Å². The zero-order valence-corrected chi connectivity index (χ0v) is 12.0. The summed E-state index contributed by atoms with van der Waals surface area (Å²) in [6, 6.07) is 10.8. The Morgan fingerprint density at radius 3 is 2.58 bits per heavy atom. The maximum absolute atomic E-state index is 6.08. The van der Waals surface area contributed by atoms with E-state index in [2.05, 4.69) is 42.2 Å². The van der Waals surface area contributed by atoms with E-state index in [0.29, 0.717) is 0 Å². The Kier molecular flexibility index (Phi) is 3.90. The molecule has 1 unspecified atom stereocenters. The first-order chi connectivity index (χ1) is 9.26. The minimum Gasteiger partial charge on any atom is -0.375 e. The maximum Gasteiger partial charge on any atom is 0.0710 e. The highest BCUT2D eigenvalue weighted by Crippen LogP contribution is 2.38. The van der Waals surface area contributed by atoms with Crippen LogP contribution in [0.25, 0.3) is 0 Å². The first-order valence-corrected chi connectivity index (χ1v) is 7.66. The summed E-state index contributed by atoms with van der Waals surface area (Å²) < 4.78 is 6.08. The molecule has 0 saturated carbocycles. The van der Waals surface area contributed by atoms with E-state index >= 15 is 0 Å². The highest BCUT2D eigenvalue weighted by Gasteiger charge is 2.40. The van der Waals surface area contributed by atoms with Gasteiger partial charge in [0.2, 0.25) is 0 Å². The largest absolute Gasteiger partial charge is 0.375 e. The molecule has 1 aromatic carbocycles. The van der Waals surface area contributed by atoms with E-state index in [1.165, 1.54) is 50.9 Å². The molecule has 1 spiro atoms. The van der Waals surface area contributed by atoms with Crippen LogP contribution in [0.1, 0.15) is 31.7 Å². The summed E-state index contributed by atoms with van der Waals surface area (Å²) in [5, 5.41) is 0. The fourth-order valence-corrected chi connectivity index (χ4v) is 3.54. The van der Waals surface area contributed by atoms with Gasteiger partial charge in [0.25, 0.3) is 0 Å². The molecule has 0 radical (unpaired) electrons. The summed E-state index contributed by atoms with van der Waals surface area (Å²) in [7, 11) is 0. The zero-order valence-electron chi connectivity index (χ0n) is 12.0. The van der Waals surface area contributed by atoms with Crippen molar-refractivity contribution in [3.63, 3.8) is 0 Å². The number of rotatable bonds is 3. The van der Waals surface area contributed by atoms with Gasteiger partial charge in [0, 0.05) is 26.2 Å². The minimum absolute atomic E-state index is 0.239. The lowest BCUT2D eigenvalue weighted by Crippen LogP contribution is -2.44. The van der Waals surface area contributed by atoms with Crippen LogP contribution in [-0.2, 0) is 11.2 Å². The number of hydrogen-bond acceptors (Lipinski definition) is 2. The van der Waals surface area contributed by atoms with Gasteiger partial charge in [-0.05, 0) is 37.2 Å². The highest BCUT2D eigenvalue weighted by atomic mass is 16.5. The van der Waals surface area contributed by atoms with Gasteiger partial charge >= 0.3 is 0 Å². The fourth-order valence-electron chi connectivity index (χ4n) is 3.54. The molecule has 0 bridgehead atoms. The first kappa shape index (κ1) is 13.1. The molecule has 1 atom stereocenters. The molecule has 0 N–H and O–H groups in total. The zero-order chi connectivity index (χ0) is 13.1. The average Bonchev–Trinajstić information content (AvgIpc) is 2.81. The molecule has 2 fully saturated rings. The third-order valence-corrected chi connectivity index (χ3v) is 4.72. The molecular formula is C17H25NO. The maximum atomic E-state index is 6.08. The summed E-state index contributed by atoms with van der Waals surface area (Å²) in [4.78, 5) is 2.60. The SMILES string of the molecule is CC1COC2(CCN(CCc3ccccc3)CC2)C1. The summed E-state index contributed by atoms with van der Waals surface area (Å²) >= 11 is 0. The minimum atomic E-state index is 0.239. The van der Waals surface area contributed by atoms with Crippen LogP contribution in [0.3, 0.4) is 0 Å². The van der Waals surface area contributed by atoms with Crippen molar-refractivity contribution in [1.29, 1.82) is 0 Å². The Hall–Kier alpha value is -0.860. The molecule has 104 valence electrons. The van der Waals surface area contributed by atoms with E-state index in [9.17, 15) is 0 Å². The van der Waals surface area contributed by atoms with Gasteiger partial charge in [0.1, 0.15) is 0 Å². The number of piperidine rings is 1. The van der Waals surface area contributed by atoms with Crippen molar-refractivity contribution in [2.45, 2.75) is 38.2 Å². The van der Waals surface area contributed by atoms with Crippen molar-refractivity contribution in [2.75, 3.05) is 26.2 Å². The van der Waals surface area contributed by atoms with Crippen molar-refractivity contribution in [2.24, 2.45) is 5.92 Å². The quantitative estimate of drug-likeness (QED) is 0.827. The van der Waals surface area contributed by atoms with Crippen LogP contribution >= 0.6 is 0 Å². The topological polar surface area (TPSA) is 12.5 Å². The standard InChI is InChI=1S/C17H25NO/c1-15-13-17(19-14-15)8-11-18(12-9-17)10-7-16-5-3-2-4-6-16/h2-6,15H,7-14H2,1H3. The molecule has 0 aliphatic carbocycles. The van der Waals surface area contributed by atoms with E-state index in [4.69, 9.17) is 4.74 Å². The van der Waals surface area contributed by atoms with E-state index < -0.39 is 0 Å². The average molecular weight is 259 g/mol. The molecule has 2 heteroatoms. The van der Waals surface area contributed by atoms with Gasteiger partial charge in [-0.1, -0.05) is 37.3 Å². The van der Waals surface area contributed by atoms with E-state index in [-0.39, 0.29) is 5.60 Å². The lowest BCUT2D eigenvalue weighted by Gasteiger charge is -2.38. The third-order valence-electron chi connectivity index (χ3n) is 4.72. The number of hydrogen-bond donors (Lipinski definition) is 0. The Morgan fingerprint density at radius 2 is 1.95 bits per heavy atom. The van der Waals surface area contributed by atoms with Crippen LogP contribution in [-0.4, -0.2) is 36.7 Å². The molecule has 2 aliphatic rings. The lowest BCUT2D eigenvalue weighted by molar-refractivity contribution is -0.0433. The summed E-state index contributed by atoms with van der Waals surface area (Å²) in [5.74, 6) is 0.760. The molecule has 2 nitrogen and oxygen atoms in total. The van der Waals surface area contributed by atoms with Crippen LogP contribution in [0.4, 0.5) is 0 Å². The molecule has 0 amide bonds. The summed E-state index contributed by atoms with van der Waals surface area (Å²) in [5.41, 5.74) is 1.69. The number of ether oxygens (including phenoxy) is 1. The van der Waals surface area contributed by atoms with Gasteiger partial charge in [0.05, 0.1) is 5.60 Å². The molecular weight excluding hydrogens is 234 g/mol. The Labute approximate surface area is 116 Å². The number of benzene rings is 1. The Bertz CT molecular complexity index is 395. The van der Waals surface area contributed by atoms with Gasteiger partial charge < -0.3 is 9.64 Å². The van der Waals surface area contributed by atoms with Gasteiger partial charge in [0.15, 0.2) is 0 Å². The van der Waals surface area contributed by atoms with Crippen molar-refractivity contribution in [3.8, 4) is 0 Å². The lowest BCUT2D eigenvalue weighted by atomic mass is 9.86. The van der Waals surface area contributed by atoms with Gasteiger partial charge in [-0.2, -0.15) is 0 Å². The van der Waals surface area contributed by atoms with Crippen molar-refractivity contribution in [3.05, 3.63) is 35.9 Å². The van der Waals surface area contributed by atoms with Crippen molar-refractivity contribution >= 4 is 0 Å². The van der Waals surface area contributed by atoms with Gasteiger partial charge in [-0.25, -0.2) is 0 Å². The monoisotopic (exact) mass is 259 g/mol. The summed E-state index contributed by atoms with van der Waals surface area (Å²) in [6.45, 7) is 6.90. The second-order valence-corrected chi connectivity index (χ2v) is 6.38. The molecule has 19 heavy (non-hydrogen) atoms. The Morgan fingerprint density at radius 1 is 1.21 bits per heavy atom. The number of nitrogens with zero attached hydrogens (tertiary/aromatic N) is 1. The van der Waals surface area contributed by atoms with Crippen LogP contribution in [0.2, 0.25) is 0 Å². The normalized spacial score (nSPS) is 26.9. The molecule has 0 aromatic heterocycles. The van der Waals surface area contributed by atoms with E-state index in [1.807, 2.05) is 0 Å². The Balaban J connectivity index is 1.46. The van der Waals surface area contributed by atoms with Crippen LogP contribution in [0.15, 0.2) is 30.3 Å². The van der Waals surface area contributed by atoms with Crippen molar-refractivity contribution < 1.29 is 4.74 Å². The molecule has 2 saturated heterocycles. The second kappa shape index (κ2) is 5.64. The van der Waals surface area contributed by atoms with E-state index in [0.717, 1.165) is 12.5 Å². The summed E-state index contributed by atoms with van der Waals surface area (Å²) in [6.07, 6.45) is 4.91. The van der Waals surface area contributed by atoms with Gasteiger partial charge in [-0.3, -0.25) is 0 Å². The van der Waals surface area contributed by atoms with Crippen LogP contribution < -0.4 is 0 Å². The smallest absolute Gasteiger partial charge is 0.0710 e. The molecule has 3 rings (SSSR count). The molecule has 1 aromatic rings. The second-order valence-electron chi connectivity index (χ2n) is 6.38. The van der Waals surface area contributed by atoms with Crippen LogP contribution in [0, 0.1) is 5.92 Å². The predicted molar refractivity (Wildman–Crippen MR) is 78.3 cm³/mol.